The van der Waals surface area contributed by atoms with Crippen LogP contribution in [0.4, 0.5) is 4.39 Å². The van der Waals surface area contributed by atoms with E-state index in [9.17, 15) is 9.18 Å². The van der Waals surface area contributed by atoms with Crippen molar-refractivity contribution in [2.24, 2.45) is 7.05 Å². The molecule has 1 heterocycles. The van der Waals surface area contributed by atoms with Crippen LogP contribution in [-0.4, -0.2) is 20.9 Å². The van der Waals surface area contributed by atoms with Crippen molar-refractivity contribution in [1.82, 2.24) is 9.78 Å². The third-order valence-corrected chi connectivity index (χ3v) is 2.81. The zero-order valence-electron chi connectivity index (χ0n) is 10.1. The van der Waals surface area contributed by atoms with Gasteiger partial charge in [0.1, 0.15) is 5.82 Å². The summed E-state index contributed by atoms with van der Waals surface area (Å²) in [7, 11) is 1.75. The van der Waals surface area contributed by atoms with Crippen molar-refractivity contribution in [1.29, 1.82) is 0 Å². The second kappa shape index (κ2) is 4.60. The lowest BCUT2D eigenvalue weighted by molar-refractivity contribution is 0.0696. The van der Waals surface area contributed by atoms with Crippen molar-refractivity contribution in [2.45, 2.75) is 13.3 Å². The third-order valence-electron chi connectivity index (χ3n) is 2.81. The minimum absolute atomic E-state index is 0.0618. The number of aryl methyl sites for hydroxylation is 2. The Labute approximate surface area is 104 Å². The standard InChI is InChI=1S/C13H13FN2O2/c1-3-8-7-15-16(2)12(8)9-4-10(13(17)18)6-11(14)5-9/h4-7H,3H2,1-2H3,(H,17,18). The van der Waals surface area contributed by atoms with Crippen LogP contribution in [0.15, 0.2) is 24.4 Å². The molecule has 18 heavy (non-hydrogen) atoms. The summed E-state index contributed by atoms with van der Waals surface area (Å²) >= 11 is 0. The van der Waals surface area contributed by atoms with Crippen LogP contribution < -0.4 is 0 Å². The third kappa shape index (κ3) is 2.11. The van der Waals surface area contributed by atoms with Crippen molar-refractivity contribution in [3.8, 4) is 11.3 Å². The molecule has 0 fully saturated rings. The SMILES string of the molecule is CCc1cnn(C)c1-c1cc(F)cc(C(=O)O)c1. The predicted molar refractivity (Wildman–Crippen MR) is 64.9 cm³/mol. The van der Waals surface area contributed by atoms with Crippen molar-refractivity contribution in [3.05, 3.63) is 41.3 Å². The molecule has 0 atom stereocenters. The van der Waals surface area contributed by atoms with Crippen LogP contribution >= 0.6 is 0 Å². The maximum atomic E-state index is 13.5. The number of rotatable bonds is 3. The molecule has 0 amide bonds. The molecule has 94 valence electrons. The van der Waals surface area contributed by atoms with Gasteiger partial charge in [-0.05, 0) is 30.2 Å². The van der Waals surface area contributed by atoms with Crippen molar-refractivity contribution in [3.63, 3.8) is 0 Å². The van der Waals surface area contributed by atoms with E-state index in [1.54, 1.807) is 17.9 Å². The topological polar surface area (TPSA) is 55.1 Å². The van der Waals surface area contributed by atoms with Crippen LogP contribution in [0.1, 0.15) is 22.8 Å². The van der Waals surface area contributed by atoms with E-state index in [4.69, 9.17) is 5.11 Å². The molecule has 2 rings (SSSR count). The molecule has 0 aliphatic rings. The Balaban J connectivity index is 2.63. The van der Waals surface area contributed by atoms with E-state index in [1.165, 1.54) is 12.1 Å². The largest absolute Gasteiger partial charge is 0.478 e. The lowest BCUT2D eigenvalue weighted by atomic mass is 10.0. The van der Waals surface area contributed by atoms with Crippen LogP contribution in [0.5, 0.6) is 0 Å². The second-order valence-corrected chi connectivity index (χ2v) is 4.03. The number of hydrogen-bond acceptors (Lipinski definition) is 2. The Morgan fingerprint density at radius 1 is 1.44 bits per heavy atom. The Morgan fingerprint density at radius 2 is 2.17 bits per heavy atom. The summed E-state index contributed by atoms with van der Waals surface area (Å²) in [5.41, 5.74) is 2.18. The van der Waals surface area contributed by atoms with E-state index in [2.05, 4.69) is 5.10 Å². The fourth-order valence-electron chi connectivity index (χ4n) is 1.96. The van der Waals surface area contributed by atoms with Gasteiger partial charge in [-0.2, -0.15) is 5.10 Å². The highest BCUT2D eigenvalue weighted by molar-refractivity contribution is 5.89. The molecule has 0 aliphatic carbocycles. The fraction of sp³-hybridized carbons (Fsp3) is 0.231. The molecule has 1 aromatic heterocycles. The van der Waals surface area contributed by atoms with E-state index >= 15 is 0 Å². The smallest absolute Gasteiger partial charge is 0.335 e. The molecule has 1 aromatic carbocycles. The average molecular weight is 248 g/mol. The quantitative estimate of drug-likeness (QED) is 0.907. The molecule has 4 nitrogen and oxygen atoms in total. The van der Waals surface area contributed by atoms with Crippen molar-refractivity contribution >= 4 is 5.97 Å². The number of hydrogen-bond donors (Lipinski definition) is 1. The number of carboxylic acids is 1. The summed E-state index contributed by atoms with van der Waals surface area (Å²) < 4.78 is 15.1. The van der Waals surface area contributed by atoms with Gasteiger partial charge in [-0.1, -0.05) is 6.92 Å². The van der Waals surface area contributed by atoms with Crippen molar-refractivity contribution in [2.75, 3.05) is 0 Å². The highest BCUT2D eigenvalue weighted by Gasteiger charge is 2.13. The number of halogens is 1. The summed E-state index contributed by atoms with van der Waals surface area (Å²) in [4.78, 5) is 10.9. The molecular formula is C13H13FN2O2. The van der Waals surface area contributed by atoms with Crippen molar-refractivity contribution < 1.29 is 14.3 Å². The maximum absolute atomic E-state index is 13.5. The summed E-state index contributed by atoms with van der Waals surface area (Å²) in [6.07, 6.45) is 2.46. The van der Waals surface area contributed by atoms with Gasteiger partial charge in [-0.15, -0.1) is 0 Å². The molecule has 0 unspecified atom stereocenters. The summed E-state index contributed by atoms with van der Waals surface area (Å²) in [6.45, 7) is 1.97. The first kappa shape index (κ1) is 12.3. The van der Waals surface area contributed by atoms with E-state index in [0.29, 0.717) is 5.56 Å². The zero-order valence-corrected chi connectivity index (χ0v) is 10.1. The highest BCUT2D eigenvalue weighted by atomic mass is 19.1. The first-order valence-electron chi connectivity index (χ1n) is 5.58. The Kier molecular flexibility index (Phi) is 3.14. The summed E-state index contributed by atoms with van der Waals surface area (Å²) in [6, 6.07) is 3.79. The second-order valence-electron chi connectivity index (χ2n) is 4.03. The number of aromatic carboxylic acids is 1. The number of carbonyl (C=O) groups is 1. The van der Waals surface area contributed by atoms with E-state index in [-0.39, 0.29) is 5.56 Å². The molecule has 0 bridgehead atoms. The normalized spacial score (nSPS) is 10.6. The number of carboxylic acid groups (broad SMARTS) is 1. The summed E-state index contributed by atoms with van der Waals surface area (Å²) in [5, 5.41) is 13.1. The zero-order chi connectivity index (χ0) is 13.3. The van der Waals surface area contributed by atoms with Gasteiger partial charge in [-0.25, -0.2) is 9.18 Å². The number of benzene rings is 1. The van der Waals surface area contributed by atoms with Gasteiger partial charge in [0, 0.05) is 12.6 Å². The molecule has 2 aromatic rings. The lowest BCUT2D eigenvalue weighted by Gasteiger charge is -2.07. The highest BCUT2D eigenvalue weighted by Crippen LogP contribution is 2.25. The Morgan fingerprint density at radius 3 is 2.78 bits per heavy atom. The summed E-state index contributed by atoms with van der Waals surface area (Å²) in [5.74, 6) is -1.70. The Hall–Kier alpha value is -2.17. The Bertz CT molecular complexity index is 605. The molecule has 0 saturated heterocycles. The van der Waals surface area contributed by atoms with Gasteiger partial charge in [0.2, 0.25) is 0 Å². The van der Waals surface area contributed by atoms with Crippen LogP contribution in [0.25, 0.3) is 11.3 Å². The minimum Gasteiger partial charge on any atom is -0.478 e. The molecule has 1 N–H and O–H groups in total. The van der Waals surface area contributed by atoms with Gasteiger partial charge >= 0.3 is 5.97 Å². The first-order chi connectivity index (χ1) is 8.52. The molecule has 0 aliphatic heterocycles. The lowest BCUT2D eigenvalue weighted by Crippen LogP contribution is -2.01. The van der Waals surface area contributed by atoms with Crippen LogP contribution in [0.3, 0.4) is 0 Å². The average Bonchev–Trinajstić information content (AvgIpc) is 2.69. The van der Waals surface area contributed by atoms with Crippen LogP contribution in [-0.2, 0) is 13.5 Å². The van der Waals surface area contributed by atoms with E-state index in [1.807, 2.05) is 6.92 Å². The first-order valence-corrected chi connectivity index (χ1v) is 5.58. The maximum Gasteiger partial charge on any atom is 0.335 e. The predicted octanol–water partition coefficient (Wildman–Crippen LogP) is 2.49. The van der Waals surface area contributed by atoms with Crippen LogP contribution in [0, 0.1) is 5.82 Å². The van der Waals surface area contributed by atoms with Crippen LogP contribution in [0.2, 0.25) is 0 Å². The fourth-order valence-corrected chi connectivity index (χ4v) is 1.96. The molecule has 0 radical (unpaired) electrons. The molecular weight excluding hydrogens is 235 g/mol. The van der Waals surface area contributed by atoms with E-state index < -0.39 is 11.8 Å². The number of aromatic nitrogens is 2. The molecule has 0 spiro atoms. The van der Waals surface area contributed by atoms with Gasteiger partial charge in [0.15, 0.2) is 0 Å². The number of nitrogens with zero attached hydrogens (tertiary/aromatic N) is 2. The minimum atomic E-state index is -1.14. The van der Waals surface area contributed by atoms with Gasteiger partial charge < -0.3 is 5.11 Å². The van der Waals surface area contributed by atoms with E-state index in [0.717, 1.165) is 23.7 Å². The van der Waals surface area contributed by atoms with Gasteiger partial charge in [0.05, 0.1) is 17.5 Å². The monoisotopic (exact) mass is 248 g/mol. The van der Waals surface area contributed by atoms with Gasteiger partial charge in [0.25, 0.3) is 0 Å². The molecule has 5 heteroatoms. The molecule has 0 saturated carbocycles. The van der Waals surface area contributed by atoms with Gasteiger partial charge in [-0.3, -0.25) is 4.68 Å².